The first-order valence-electron chi connectivity index (χ1n) is 32.7. The summed E-state index contributed by atoms with van der Waals surface area (Å²) in [6, 6.07) is 48.0. The van der Waals surface area contributed by atoms with Gasteiger partial charge in [0, 0.05) is 65.3 Å². The number of aliphatic carboxylic acids is 1. The molecule has 1 aliphatic heterocycles. The zero-order chi connectivity index (χ0) is 73.4. The number of aryl methyl sites for hydroxylation is 2. The molecule has 0 saturated heterocycles. The third kappa shape index (κ3) is 23.7. The molecule has 0 fully saturated rings. The Balaban J connectivity index is 0.000000267. The van der Waals surface area contributed by atoms with Gasteiger partial charge in [0.25, 0.3) is 17.6 Å². The molecule has 102 heavy (non-hydrogen) atoms. The largest absolute Gasteiger partial charge is 0.481 e. The number of aliphatic hydroxyl groups is 1. The van der Waals surface area contributed by atoms with E-state index in [9.17, 15) is 33.6 Å². The summed E-state index contributed by atoms with van der Waals surface area (Å²) >= 11 is 3.40. The Morgan fingerprint density at radius 3 is 1.48 bits per heavy atom. The second kappa shape index (κ2) is 39.5. The van der Waals surface area contributed by atoms with Crippen LogP contribution >= 0.6 is 15.9 Å². The molecule has 0 bridgehead atoms. The number of methoxy groups -OCH3 is 1. The third-order valence-corrected chi connectivity index (χ3v) is 26.6. The first kappa shape index (κ1) is 84.8. The van der Waals surface area contributed by atoms with Gasteiger partial charge in [0.1, 0.15) is 5.69 Å². The number of aliphatic hydroxyl groups excluding tert-OH is 1. The number of nitrogens with one attached hydrogen (secondary N) is 3. The van der Waals surface area contributed by atoms with Crippen LogP contribution in [-0.2, 0) is 74.7 Å². The van der Waals surface area contributed by atoms with Crippen LogP contribution < -0.4 is 22.9 Å². The number of primary amides is 2. The van der Waals surface area contributed by atoms with Crippen molar-refractivity contribution in [3.8, 4) is 0 Å². The van der Waals surface area contributed by atoms with E-state index in [-0.39, 0.29) is 54.3 Å². The number of carbonyl (C=O) groups is 7. The van der Waals surface area contributed by atoms with E-state index in [1.807, 2.05) is 120 Å². The van der Waals surface area contributed by atoms with Crippen molar-refractivity contribution in [1.29, 1.82) is 0 Å². The molecule has 10 aromatic rings. The molecule has 0 spiro atoms. The number of aromatic amines is 2. The number of carbonyl (C=O) groups excluding carboxylic acids is 6. The van der Waals surface area contributed by atoms with E-state index in [1.165, 1.54) is 7.11 Å². The number of nitrogens with zero attached hydrogens (tertiary/aromatic N) is 6. The summed E-state index contributed by atoms with van der Waals surface area (Å²) < 4.78 is 20.2. The van der Waals surface area contributed by atoms with Gasteiger partial charge in [0.2, 0.25) is 11.8 Å². The lowest BCUT2D eigenvalue weighted by atomic mass is 9.98. The predicted molar refractivity (Wildman–Crippen MR) is 408 cm³/mol. The maximum atomic E-state index is 12.6. The molecule has 4 amide bonds. The number of esters is 1. The van der Waals surface area contributed by atoms with Gasteiger partial charge in [0.15, 0.2) is 16.6 Å². The number of carboxylic acids is 1. The number of ether oxygens (including phenoxy) is 1. The average molecular weight is 1500 g/mol. The number of nitrogens with two attached hydrogens (primary N) is 2. The number of imide groups is 1. The minimum absolute atomic E-state index is 0. The van der Waals surface area contributed by atoms with Gasteiger partial charge in [-0.1, -0.05) is 191 Å². The Bertz CT molecular complexity index is 4360. The molecular weight excluding hydrogens is 1400 g/mol. The number of amides is 4. The second-order valence-corrected chi connectivity index (χ2v) is 36.8. The van der Waals surface area contributed by atoms with Gasteiger partial charge in [0.05, 0.1) is 76.7 Å². The summed E-state index contributed by atoms with van der Waals surface area (Å²) in [7, 11) is -1.98. The van der Waals surface area contributed by atoms with Crippen LogP contribution in [0.15, 0.2) is 158 Å². The number of halogens is 1. The number of Topliss-reactive ketones (excluding diaryl/α,β-unsaturated/α-hetero) is 1. The lowest BCUT2D eigenvalue weighted by Gasteiger charge is -2.36. The molecule has 28 heteroatoms. The summed E-state index contributed by atoms with van der Waals surface area (Å²) in [5.41, 5.74) is 18.3. The predicted octanol–water partition coefficient (Wildman–Crippen LogP) is 11.4. The van der Waals surface area contributed by atoms with Gasteiger partial charge in [-0.2, -0.15) is 20.4 Å². The van der Waals surface area contributed by atoms with Gasteiger partial charge in [-0.15, -0.1) is 0 Å². The fourth-order valence-corrected chi connectivity index (χ4v) is 12.1. The first-order valence-corrected chi connectivity index (χ1v) is 39.7. The summed E-state index contributed by atoms with van der Waals surface area (Å²) in [6.45, 7) is 25.7. The van der Waals surface area contributed by atoms with E-state index in [2.05, 4.69) is 124 Å². The monoisotopic (exact) mass is 1500 g/mol. The molecule has 0 radical (unpaired) electrons. The fourth-order valence-electron chi connectivity index (χ4n) is 9.71. The van der Waals surface area contributed by atoms with Crippen molar-refractivity contribution >= 4 is 129 Å². The molecule has 14 N–H and O–H groups in total. The van der Waals surface area contributed by atoms with E-state index in [1.54, 1.807) is 47.1 Å². The minimum atomic E-state index is -1.70. The summed E-state index contributed by atoms with van der Waals surface area (Å²) in [6.07, 6.45) is 2.94. The Labute approximate surface area is 604 Å². The maximum Gasteiger partial charge on any atom is 0.379 e. The van der Waals surface area contributed by atoms with Crippen molar-refractivity contribution in [2.75, 3.05) is 32.3 Å². The molecule has 0 saturated carbocycles. The number of benzene rings is 6. The van der Waals surface area contributed by atoms with Crippen molar-refractivity contribution < 1.29 is 62.8 Å². The normalized spacial score (nSPS) is 12.0. The molecule has 4 aromatic heterocycles. The maximum absolute atomic E-state index is 12.6. The molecule has 1 aliphatic rings. The molecular formula is C74H97BrN12O13Si2. The number of para-hydroxylation sites is 4. The third-order valence-electron chi connectivity index (χ3n) is 17.0. The molecule has 546 valence electrons. The Hall–Kier alpha value is -9.66. The number of aromatic nitrogens is 8. The minimum Gasteiger partial charge on any atom is -0.481 e. The van der Waals surface area contributed by atoms with Crippen LogP contribution in [0.2, 0.25) is 36.3 Å². The highest BCUT2D eigenvalue weighted by Crippen LogP contribution is 2.38. The number of alkyl halides is 1. The van der Waals surface area contributed by atoms with E-state index < -0.39 is 46.2 Å². The van der Waals surface area contributed by atoms with Crippen LogP contribution in [0.1, 0.15) is 99.5 Å². The lowest BCUT2D eigenvalue weighted by molar-refractivity contribution is -0.136. The van der Waals surface area contributed by atoms with Crippen molar-refractivity contribution in [2.24, 2.45) is 11.5 Å². The number of hydrogen-bond donors (Lipinski definition) is 8. The SMILES string of the molecule is CC(C)(C)[Si](C)(C)OCCCBr.CC(C)(C)[Si](C)(C)OCCCn1nc(CC(N)=O)c2ccccc21.COC(=O)C(=O)c1ccccc1.N.NC(=O)Cc1[nH]nc2ccccc12.O.O=C(O)Cc1[nH]nc2ccccc12.O=C1NC(=O)C(c2nn(CCCO)c3ccccc23)=C1c1ccccc1. The van der Waals surface area contributed by atoms with E-state index in [4.69, 9.17) is 30.5 Å². The lowest BCUT2D eigenvalue weighted by Crippen LogP contribution is -2.41. The standard InChI is InChI=1S/C20H17N3O3.C18H29N3O2Si.C9H21BrOSi.C9H9N3O.C9H8N2O2.C9H8O3.H3N.H2O/c24-12-6-11-23-15-10-5-4-9-14(15)18(22-23)17-16(19(25)21-20(17)26)13-7-2-1-3-8-13;1-18(2,3)24(4,5)23-12-8-11-21-16-10-7-6-9-14(16)15(20-21)13-17(19)22;1-9(2,3)12(4,5)11-8-6-7-10;10-9(13)5-8-6-3-1-2-4-7(6)11-12-8;12-9(13)5-8-6-3-1-2-4-7(6)10-11-8;1-12-9(11)8(10)7-5-3-2-4-6-7;;/h1-5,7-10,24H,6,11-12H2,(H,21,25,26);6-7,9-10H,8,11-13H2,1-5H3,(H2,19,22);6-8H2,1-5H3;1-4H,5H2,(H2,10,13)(H,11,12);1-4H,5H2,(H,10,11)(H,12,13);2-6H,1H3;1H3;1H2. The fraction of sp³-hybridized carbons (Fsp3) is 0.338. The number of H-pyrrole nitrogens is 2. The topological polar surface area (TPSA) is 411 Å². The highest BCUT2D eigenvalue weighted by molar-refractivity contribution is 9.09. The van der Waals surface area contributed by atoms with Gasteiger partial charge < -0.3 is 46.9 Å². The molecule has 0 aliphatic carbocycles. The zero-order valence-electron chi connectivity index (χ0n) is 59.9. The first-order chi connectivity index (χ1) is 47.4. The summed E-state index contributed by atoms with van der Waals surface area (Å²) in [5, 5.41) is 48.1. The number of hydrogen-bond acceptors (Lipinski definition) is 16. The van der Waals surface area contributed by atoms with Crippen molar-refractivity contribution in [3.63, 3.8) is 0 Å². The number of fused-ring (bicyclic) bond motifs is 4. The van der Waals surface area contributed by atoms with Crippen LogP contribution in [-0.4, -0.2) is 146 Å². The highest BCUT2D eigenvalue weighted by Gasteiger charge is 2.38. The van der Waals surface area contributed by atoms with Gasteiger partial charge >= 0.3 is 11.9 Å². The van der Waals surface area contributed by atoms with Gasteiger partial charge in [-0.25, -0.2) is 4.79 Å². The zero-order valence-corrected chi connectivity index (χ0v) is 63.5. The molecule has 11 rings (SSSR count). The van der Waals surface area contributed by atoms with E-state index in [0.717, 1.165) is 92.9 Å². The average Bonchev–Trinajstić information content (AvgIpc) is 1.61. The van der Waals surface area contributed by atoms with Crippen LogP contribution in [0, 0.1) is 0 Å². The van der Waals surface area contributed by atoms with Crippen molar-refractivity contribution in [3.05, 3.63) is 192 Å². The quantitative estimate of drug-likeness (QED) is 0.00594. The van der Waals surface area contributed by atoms with Crippen molar-refractivity contribution in [2.45, 2.75) is 129 Å². The van der Waals surface area contributed by atoms with Gasteiger partial charge in [-0.3, -0.25) is 53.6 Å². The summed E-state index contributed by atoms with van der Waals surface area (Å²) in [5.74, 6) is -3.86. The molecule has 0 unspecified atom stereocenters. The van der Waals surface area contributed by atoms with Crippen LogP contribution in [0.5, 0.6) is 0 Å². The van der Waals surface area contributed by atoms with Gasteiger partial charge in [-0.05, 0) is 85.4 Å². The molecule has 0 atom stereocenters. The smallest absolute Gasteiger partial charge is 0.379 e. The highest BCUT2D eigenvalue weighted by atomic mass is 79.9. The Kier molecular flexibility index (Phi) is 32.8. The van der Waals surface area contributed by atoms with Crippen LogP contribution in [0.4, 0.5) is 0 Å². The number of carboxylic acid groups (broad SMARTS) is 1. The molecule has 6 aromatic carbocycles. The Morgan fingerprint density at radius 2 is 0.990 bits per heavy atom. The Morgan fingerprint density at radius 1 is 0.559 bits per heavy atom. The second-order valence-electron chi connectivity index (χ2n) is 26.3. The summed E-state index contributed by atoms with van der Waals surface area (Å²) in [4.78, 5) is 79.2. The van der Waals surface area contributed by atoms with Crippen LogP contribution in [0.25, 0.3) is 54.8 Å². The number of rotatable bonds is 22. The van der Waals surface area contributed by atoms with Crippen molar-refractivity contribution in [1.82, 2.24) is 51.4 Å². The van der Waals surface area contributed by atoms with Crippen LogP contribution in [0.3, 0.4) is 0 Å². The van der Waals surface area contributed by atoms with E-state index >= 15 is 0 Å². The van der Waals surface area contributed by atoms with E-state index in [0.29, 0.717) is 51.7 Å². The molecule has 25 nitrogen and oxygen atoms in total. The number of ketones is 1. The molecule has 5 heterocycles.